The number of hydrogen-bond donors (Lipinski definition) is 0. The lowest BCUT2D eigenvalue weighted by atomic mass is 10.1. The van der Waals surface area contributed by atoms with Gasteiger partial charge in [0.05, 0.1) is 0 Å². The molecule has 0 saturated carbocycles. The molecule has 2 aromatic rings. The van der Waals surface area contributed by atoms with Crippen LogP contribution in [0.3, 0.4) is 0 Å². The van der Waals surface area contributed by atoms with Crippen LogP contribution in [-0.2, 0) is 6.42 Å². The zero-order chi connectivity index (χ0) is 8.93. The molecule has 3 nitrogen and oxygen atoms in total. The third-order valence-electron chi connectivity index (χ3n) is 1.75. The van der Waals surface area contributed by atoms with Crippen LogP contribution in [-0.4, -0.2) is 15.0 Å². The van der Waals surface area contributed by atoms with E-state index < -0.39 is 0 Å². The third kappa shape index (κ3) is 2.08. The molecule has 2 rings (SSSR count). The van der Waals surface area contributed by atoms with Gasteiger partial charge < -0.3 is 0 Å². The second-order valence-corrected chi connectivity index (χ2v) is 2.74. The van der Waals surface area contributed by atoms with Crippen LogP contribution >= 0.6 is 0 Å². The Balaban J connectivity index is 2.16. The van der Waals surface area contributed by atoms with Crippen molar-refractivity contribution in [2.75, 3.05) is 0 Å². The lowest BCUT2D eigenvalue weighted by Crippen LogP contribution is -1.92. The molecule has 0 fully saturated rings. The molecule has 2 aromatic heterocycles. The number of hydrogen-bond acceptors (Lipinski definition) is 3. The summed E-state index contributed by atoms with van der Waals surface area (Å²) in [5.41, 5.74) is 2.18. The fourth-order valence-electron chi connectivity index (χ4n) is 1.13. The van der Waals surface area contributed by atoms with Gasteiger partial charge in [0.15, 0.2) is 0 Å². The first kappa shape index (κ1) is 7.86. The quantitative estimate of drug-likeness (QED) is 0.686. The van der Waals surface area contributed by atoms with E-state index in [0.29, 0.717) is 0 Å². The molecular formula is C10H9N3. The molecule has 3 heteroatoms. The highest BCUT2D eigenvalue weighted by atomic mass is 14.8. The Morgan fingerprint density at radius 3 is 2.77 bits per heavy atom. The highest BCUT2D eigenvalue weighted by Crippen LogP contribution is 2.03. The van der Waals surface area contributed by atoms with Gasteiger partial charge in [-0.05, 0) is 17.7 Å². The Labute approximate surface area is 76.5 Å². The van der Waals surface area contributed by atoms with Crippen molar-refractivity contribution >= 4 is 0 Å². The first-order valence-corrected chi connectivity index (χ1v) is 4.09. The molecule has 0 aliphatic rings. The van der Waals surface area contributed by atoms with E-state index in [1.165, 1.54) is 5.56 Å². The molecule has 64 valence electrons. The summed E-state index contributed by atoms with van der Waals surface area (Å²) >= 11 is 0. The van der Waals surface area contributed by atoms with Crippen LogP contribution in [0.25, 0.3) is 0 Å². The minimum atomic E-state index is 0.816. The van der Waals surface area contributed by atoms with Gasteiger partial charge in [0.25, 0.3) is 0 Å². The first-order valence-electron chi connectivity index (χ1n) is 4.09. The van der Waals surface area contributed by atoms with Gasteiger partial charge in [0.1, 0.15) is 6.33 Å². The molecule has 0 radical (unpaired) electrons. The predicted octanol–water partition coefficient (Wildman–Crippen LogP) is 1.46. The van der Waals surface area contributed by atoms with Crippen LogP contribution in [0.5, 0.6) is 0 Å². The Hall–Kier alpha value is -1.77. The summed E-state index contributed by atoms with van der Waals surface area (Å²) in [6.45, 7) is 0. The van der Waals surface area contributed by atoms with Gasteiger partial charge in [-0.25, -0.2) is 9.97 Å². The lowest BCUT2D eigenvalue weighted by molar-refractivity contribution is 1.02. The van der Waals surface area contributed by atoms with E-state index in [0.717, 1.165) is 12.1 Å². The largest absolute Gasteiger partial charge is 0.264 e. The Kier molecular flexibility index (Phi) is 2.27. The van der Waals surface area contributed by atoms with Gasteiger partial charge >= 0.3 is 0 Å². The van der Waals surface area contributed by atoms with Crippen molar-refractivity contribution in [3.63, 3.8) is 0 Å². The van der Waals surface area contributed by atoms with E-state index >= 15 is 0 Å². The van der Waals surface area contributed by atoms with E-state index in [9.17, 15) is 0 Å². The summed E-state index contributed by atoms with van der Waals surface area (Å²) in [6.07, 6.45) is 7.74. The number of rotatable bonds is 2. The molecule has 0 aromatic carbocycles. The summed E-state index contributed by atoms with van der Waals surface area (Å²) in [7, 11) is 0. The van der Waals surface area contributed by atoms with Gasteiger partial charge in [-0.3, -0.25) is 4.98 Å². The highest BCUT2D eigenvalue weighted by Gasteiger charge is 1.95. The molecular weight excluding hydrogens is 162 g/mol. The zero-order valence-corrected chi connectivity index (χ0v) is 7.09. The van der Waals surface area contributed by atoms with Crippen LogP contribution in [0, 0.1) is 0 Å². The molecule has 0 unspecified atom stereocenters. The Morgan fingerprint density at radius 1 is 1.08 bits per heavy atom. The molecule has 0 saturated heterocycles. The molecule has 0 aliphatic carbocycles. The maximum Gasteiger partial charge on any atom is 0.115 e. The molecule has 0 atom stereocenters. The van der Waals surface area contributed by atoms with Gasteiger partial charge in [-0.1, -0.05) is 6.07 Å². The second-order valence-electron chi connectivity index (χ2n) is 2.74. The molecule has 0 spiro atoms. The number of nitrogens with zero attached hydrogens (tertiary/aromatic N) is 3. The maximum absolute atomic E-state index is 4.14. The number of pyridine rings is 1. The van der Waals surface area contributed by atoms with E-state index in [4.69, 9.17) is 0 Å². The van der Waals surface area contributed by atoms with Crippen molar-refractivity contribution in [1.82, 2.24) is 15.0 Å². The lowest BCUT2D eigenvalue weighted by Gasteiger charge is -1.98. The maximum atomic E-state index is 4.14. The van der Waals surface area contributed by atoms with Crippen molar-refractivity contribution in [3.05, 3.63) is 54.4 Å². The molecule has 0 aliphatic heterocycles. The van der Waals surface area contributed by atoms with Gasteiger partial charge in [-0.2, -0.15) is 0 Å². The smallest absolute Gasteiger partial charge is 0.115 e. The summed E-state index contributed by atoms with van der Waals surface area (Å²) in [6, 6.07) is 5.87. The summed E-state index contributed by atoms with van der Waals surface area (Å²) < 4.78 is 0. The van der Waals surface area contributed by atoms with E-state index in [1.54, 1.807) is 18.7 Å². The third-order valence-corrected chi connectivity index (χ3v) is 1.75. The van der Waals surface area contributed by atoms with E-state index in [-0.39, 0.29) is 0 Å². The van der Waals surface area contributed by atoms with Crippen molar-refractivity contribution in [3.8, 4) is 0 Å². The van der Waals surface area contributed by atoms with Gasteiger partial charge in [0.2, 0.25) is 0 Å². The van der Waals surface area contributed by atoms with E-state index in [2.05, 4.69) is 15.0 Å². The molecule has 13 heavy (non-hydrogen) atoms. The average molecular weight is 171 g/mol. The van der Waals surface area contributed by atoms with E-state index in [1.807, 2.05) is 24.4 Å². The van der Waals surface area contributed by atoms with Crippen LogP contribution < -0.4 is 0 Å². The SMILES string of the molecule is c1cncc(Cc2ccncn2)c1. The predicted molar refractivity (Wildman–Crippen MR) is 49.1 cm³/mol. The van der Waals surface area contributed by atoms with Crippen LogP contribution in [0.4, 0.5) is 0 Å². The van der Waals surface area contributed by atoms with Crippen molar-refractivity contribution in [2.24, 2.45) is 0 Å². The van der Waals surface area contributed by atoms with Crippen LogP contribution in [0.2, 0.25) is 0 Å². The normalized spacial score (nSPS) is 9.85. The van der Waals surface area contributed by atoms with Crippen LogP contribution in [0.1, 0.15) is 11.3 Å². The first-order chi connectivity index (χ1) is 6.45. The monoisotopic (exact) mass is 171 g/mol. The summed E-state index contributed by atoms with van der Waals surface area (Å²) in [4.78, 5) is 12.0. The van der Waals surface area contributed by atoms with Gasteiger partial charge in [-0.15, -0.1) is 0 Å². The average Bonchev–Trinajstić information content (AvgIpc) is 2.21. The summed E-state index contributed by atoms with van der Waals surface area (Å²) in [5, 5.41) is 0. The molecule has 0 bridgehead atoms. The van der Waals surface area contributed by atoms with Crippen molar-refractivity contribution in [2.45, 2.75) is 6.42 Å². The van der Waals surface area contributed by atoms with Crippen LogP contribution in [0.15, 0.2) is 43.1 Å². The van der Waals surface area contributed by atoms with Gasteiger partial charge in [0, 0.05) is 30.7 Å². The highest BCUT2D eigenvalue weighted by molar-refractivity contribution is 5.16. The number of aromatic nitrogens is 3. The Bertz CT molecular complexity index is 321. The minimum Gasteiger partial charge on any atom is -0.264 e. The molecule has 2 heterocycles. The topological polar surface area (TPSA) is 38.7 Å². The van der Waals surface area contributed by atoms with Crippen molar-refractivity contribution < 1.29 is 0 Å². The second kappa shape index (κ2) is 3.76. The van der Waals surface area contributed by atoms with Crippen molar-refractivity contribution in [1.29, 1.82) is 0 Å². The Morgan fingerprint density at radius 2 is 2.08 bits per heavy atom. The standard InChI is InChI=1S/C10H9N3/c1-2-9(7-11-4-1)6-10-3-5-12-8-13-10/h1-5,7-8H,6H2. The summed E-state index contributed by atoms with van der Waals surface area (Å²) in [5.74, 6) is 0. The molecule has 0 amide bonds. The fourth-order valence-corrected chi connectivity index (χ4v) is 1.13. The zero-order valence-electron chi connectivity index (χ0n) is 7.09. The molecule has 0 N–H and O–H groups in total. The fraction of sp³-hybridized carbons (Fsp3) is 0.100. The minimum absolute atomic E-state index is 0.816.